The molecule has 31 heavy (non-hydrogen) atoms. The fourth-order valence-electron chi connectivity index (χ4n) is 4.33. The lowest BCUT2D eigenvalue weighted by Crippen LogP contribution is -2.17. The molecule has 0 aliphatic heterocycles. The van der Waals surface area contributed by atoms with Gasteiger partial charge in [-0.3, -0.25) is 10.0 Å². The van der Waals surface area contributed by atoms with Gasteiger partial charge in [-0.1, -0.05) is 164 Å². The summed E-state index contributed by atoms with van der Waals surface area (Å²) in [5, 5.41) is 8.42. The fourth-order valence-corrected chi connectivity index (χ4v) is 4.86. The van der Waals surface area contributed by atoms with Crippen LogP contribution >= 0.6 is 22.6 Å². The highest BCUT2D eigenvalue weighted by Gasteiger charge is 1.99. The predicted octanol–water partition coefficient (Wildman–Crippen LogP) is 9.68. The largest absolute Gasteiger partial charge is 0.289 e. The summed E-state index contributed by atoms with van der Waals surface area (Å²) in [4.78, 5) is 10.9. The normalized spacial score (nSPS) is 11.2. The molecule has 0 unspecified atom stereocenters. The number of unbranched alkanes of at least 4 members (excludes halogenated alkanes) is 23. The minimum Gasteiger partial charge on any atom is -0.289 e. The lowest BCUT2D eigenvalue weighted by Gasteiger charge is -2.04. The zero-order valence-electron chi connectivity index (χ0n) is 20.6. The molecule has 0 aromatic heterocycles. The van der Waals surface area contributed by atoms with Gasteiger partial charge in [-0.05, 0) is 17.3 Å². The van der Waals surface area contributed by atoms with Crippen molar-refractivity contribution in [1.82, 2.24) is 5.48 Å². The average molecular weight is 552 g/mol. The Bertz CT molecular complexity index is 352. The highest BCUT2D eigenvalue weighted by molar-refractivity contribution is 14.1. The number of hydroxylamine groups is 1. The monoisotopic (exact) mass is 551 g/mol. The van der Waals surface area contributed by atoms with E-state index < -0.39 is 0 Å². The number of hydrogen-bond acceptors (Lipinski definition) is 2. The van der Waals surface area contributed by atoms with E-state index in [0.29, 0.717) is 6.42 Å². The first-order valence-electron chi connectivity index (χ1n) is 13.8. The van der Waals surface area contributed by atoms with Crippen molar-refractivity contribution in [2.24, 2.45) is 0 Å². The minimum atomic E-state index is -0.256. The van der Waals surface area contributed by atoms with Gasteiger partial charge in [0.1, 0.15) is 0 Å². The Morgan fingerprint density at radius 3 is 0.903 bits per heavy atom. The molecule has 0 rings (SSSR count). The maximum Gasteiger partial charge on any atom is 0.243 e. The highest BCUT2D eigenvalue weighted by atomic mass is 127. The van der Waals surface area contributed by atoms with Crippen LogP contribution in [0.3, 0.4) is 0 Å². The van der Waals surface area contributed by atoms with Crippen molar-refractivity contribution in [3.05, 3.63) is 0 Å². The van der Waals surface area contributed by atoms with Gasteiger partial charge in [-0.2, -0.15) is 0 Å². The number of carbonyl (C=O) groups excluding carboxylic acids is 1. The van der Waals surface area contributed by atoms with E-state index in [4.69, 9.17) is 5.21 Å². The van der Waals surface area contributed by atoms with Crippen molar-refractivity contribution in [3.63, 3.8) is 0 Å². The topological polar surface area (TPSA) is 49.3 Å². The van der Waals surface area contributed by atoms with E-state index in [-0.39, 0.29) is 5.91 Å². The van der Waals surface area contributed by atoms with Crippen molar-refractivity contribution in [3.8, 4) is 0 Å². The molecule has 0 radical (unpaired) electrons. The molecule has 0 aliphatic rings. The summed E-state index contributed by atoms with van der Waals surface area (Å²) in [6, 6.07) is 0. The molecule has 186 valence electrons. The second-order valence-electron chi connectivity index (χ2n) is 9.46. The maximum atomic E-state index is 10.9. The van der Waals surface area contributed by atoms with Crippen LogP contribution < -0.4 is 5.48 Å². The molecule has 0 aromatic rings. The quantitative estimate of drug-likeness (QED) is 0.0370. The lowest BCUT2D eigenvalue weighted by atomic mass is 10.0. The Balaban J connectivity index is 3.01. The molecule has 2 N–H and O–H groups in total. The van der Waals surface area contributed by atoms with Crippen LogP contribution in [-0.4, -0.2) is 15.5 Å². The summed E-state index contributed by atoms with van der Waals surface area (Å²) in [5.74, 6) is -0.256. The van der Waals surface area contributed by atoms with E-state index in [9.17, 15) is 4.79 Å². The molecule has 3 nitrogen and oxygen atoms in total. The zero-order valence-corrected chi connectivity index (χ0v) is 22.8. The summed E-state index contributed by atoms with van der Waals surface area (Å²) in [7, 11) is 0. The molecule has 0 fully saturated rings. The van der Waals surface area contributed by atoms with Gasteiger partial charge in [-0.15, -0.1) is 0 Å². The first-order chi connectivity index (χ1) is 15.3. The van der Waals surface area contributed by atoms with Crippen LogP contribution in [0.2, 0.25) is 0 Å². The van der Waals surface area contributed by atoms with Crippen LogP contribution in [0, 0.1) is 0 Å². The van der Waals surface area contributed by atoms with Gasteiger partial charge >= 0.3 is 0 Å². The molecule has 0 spiro atoms. The number of hydrogen-bond donors (Lipinski definition) is 2. The third kappa shape index (κ3) is 28.1. The molecule has 0 saturated heterocycles. The van der Waals surface area contributed by atoms with Gasteiger partial charge in [-0.25, -0.2) is 5.48 Å². The van der Waals surface area contributed by atoms with Crippen molar-refractivity contribution >= 4 is 28.5 Å². The molecule has 4 heteroatoms. The summed E-state index contributed by atoms with van der Waals surface area (Å²) in [6.45, 7) is 0. The Kier molecular flexibility index (Phi) is 28.3. The van der Waals surface area contributed by atoms with Crippen LogP contribution in [0.15, 0.2) is 0 Å². The predicted molar refractivity (Wildman–Crippen MR) is 144 cm³/mol. The van der Waals surface area contributed by atoms with Gasteiger partial charge in [0.05, 0.1) is 0 Å². The van der Waals surface area contributed by atoms with E-state index in [2.05, 4.69) is 22.6 Å². The van der Waals surface area contributed by atoms with Crippen LogP contribution in [0.5, 0.6) is 0 Å². The van der Waals surface area contributed by atoms with E-state index in [1.54, 1.807) is 5.48 Å². The van der Waals surface area contributed by atoms with Crippen molar-refractivity contribution < 1.29 is 10.0 Å². The smallest absolute Gasteiger partial charge is 0.243 e. The zero-order chi connectivity index (χ0) is 22.7. The Morgan fingerprint density at radius 1 is 0.452 bits per heavy atom. The number of halogens is 1. The van der Waals surface area contributed by atoms with Gasteiger partial charge < -0.3 is 0 Å². The van der Waals surface area contributed by atoms with Crippen LogP contribution in [0.4, 0.5) is 0 Å². The molecule has 0 atom stereocenters. The Hall–Kier alpha value is 0.160. The van der Waals surface area contributed by atoms with Gasteiger partial charge in [0.15, 0.2) is 0 Å². The van der Waals surface area contributed by atoms with E-state index in [1.165, 1.54) is 146 Å². The summed E-state index contributed by atoms with van der Waals surface area (Å²) < 4.78 is 1.33. The number of amides is 1. The molecule has 0 aliphatic carbocycles. The third-order valence-electron chi connectivity index (χ3n) is 6.41. The van der Waals surface area contributed by atoms with Crippen molar-refractivity contribution in [2.75, 3.05) is 4.43 Å². The third-order valence-corrected chi connectivity index (χ3v) is 7.17. The van der Waals surface area contributed by atoms with Crippen molar-refractivity contribution in [2.45, 2.75) is 161 Å². The number of nitrogens with one attached hydrogen (secondary N) is 1. The molecule has 0 bridgehead atoms. The second-order valence-corrected chi connectivity index (χ2v) is 10.5. The molecule has 0 heterocycles. The van der Waals surface area contributed by atoms with Gasteiger partial charge in [0.2, 0.25) is 5.91 Å². The van der Waals surface area contributed by atoms with Crippen LogP contribution in [0.1, 0.15) is 161 Å². The number of carbonyl (C=O) groups is 1. The number of rotatable bonds is 26. The Morgan fingerprint density at radius 2 is 0.677 bits per heavy atom. The first-order valence-corrected chi connectivity index (χ1v) is 15.3. The average Bonchev–Trinajstić information content (AvgIpc) is 2.78. The summed E-state index contributed by atoms with van der Waals surface area (Å²) in [6.07, 6.45) is 33.7. The molecule has 0 aromatic carbocycles. The first kappa shape index (κ1) is 31.2. The standard InChI is InChI=1S/C27H54INO2/c28-26-24-22-20-18-16-14-12-10-8-6-4-2-1-3-5-7-9-11-13-15-17-19-21-23-25-27(30)29-31/h31H,1-26H2,(H,29,30). The maximum absolute atomic E-state index is 10.9. The second kappa shape index (κ2) is 28.2. The van der Waals surface area contributed by atoms with Crippen molar-refractivity contribution in [1.29, 1.82) is 0 Å². The SMILES string of the molecule is O=C(CCCCCCCCCCCCCCCCCCCCCCCCCCI)NO. The van der Waals surface area contributed by atoms with Gasteiger partial charge in [0, 0.05) is 6.42 Å². The van der Waals surface area contributed by atoms with Gasteiger partial charge in [0.25, 0.3) is 0 Å². The summed E-state index contributed by atoms with van der Waals surface area (Å²) >= 11 is 2.49. The van der Waals surface area contributed by atoms with Crippen LogP contribution in [0.25, 0.3) is 0 Å². The minimum absolute atomic E-state index is 0.256. The van der Waals surface area contributed by atoms with E-state index in [1.807, 2.05) is 0 Å². The molecule has 1 amide bonds. The molecular weight excluding hydrogens is 497 g/mol. The Labute approximate surface area is 208 Å². The highest BCUT2D eigenvalue weighted by Crippen LogP contribution is 2.15. The molecular formula is C27H54INO2. The number of alkyl halides is 1. The molecule has 0 saturated carbocycles. The lowest BCUT2D eigenvalue weighted by molar-refractivity contribution is -0.129. The van der Waals surface area contributed by atoms with E-state index >= 15 is 0 Å². The van der Waals surface area contributed by atoms with Crippen LogP contribution in [-0.2, 0) is 4.79 Å². The fraction of sp³-hybridized carbons (Fsp3) is 0.963. The summed E-state index contributed by atoms with van der Waals surface area (Å²) in [5.41, 5.74) is 1.69. The van der Waals surface area contributed by atoms with E-state index in [0.717, 1.165) is 12.8 Å².